The van der Waals surface area contributed by atoms with E-state index in [0.29, 0.717) is 18.0 Å². The van der Waals surface area contributed by atoms with Crippen molar-refractivity contribution in [3.63, 3.8) is 0 Å². The smallest absolute Gasteiger partial charge is 0.173 e. The van der Waals surface area contributed by atoms with Crippen LogP contribution in [0, 0.1) is 5.41 Å². The predicted molar refractivity (Wildman–Crippen MR) is 83.2 cm³/mol. The summed E-state index contributed by atoms with van der Waals surface area (Å²) in [7, 11) is 0. The van der Waals surface area contributed by atoms with Crippen LogP contribution in [-0.2, 0) is 12.8 Å². The zero-order valence-electron chi connectivity index (χ0n) is 12.0. The van der Waals surface area contributed by atoms with Gasteiger partial charge in [-0.25, -0.2) is 9.98 Å². The van der Waals surface area contributed by atoms with Gasteiger partial charge < -0.3 is 15.1 Å². The van der Waals surface area contributed by atoms with E-state index in [2.05, 4.69) is 34.0 Å². The van der Waals surface area contributed by atoms with Crippen molar-refractivity contribution in [2.75, 3.05) is 6.61 Å². The molecule has 5 nitrogen and oxygen atoms in total. The van der Waals surface area contributed by atoms with Crippen LogP contribution < -0.4 is 4.74 Å². The lowest BCUT2D eigenvalue weighted by Gasteiger charge is -2.05. The average molecular weight is 282 g/mol. The zero-order valence-corrected chi connectivity index (χ0v) is 12.0. The number of hydrogen-bond donors (Lipinski definition) is 2. The summed E-state index contributed by atoms with van der Waals surface area (Å²) in [5.41, 5.74) is 2.61. The first-order chi connectivity index (χ1) is 10.2. The number of rotatable bonds is 5. The summed E-state index contributed by atoms with van der Waals surface area (Å²) in [6, 6.07) is 8.08. The molecule has 0 aliphatic carbocycles. The third-order valence-corrected chi connectivity index (χ3v) is 3.28. The SMILES string of the molecule is CCCOc1ccc(Cc2nc3c([nH]2)CC(=N)C=N3)cc1. The molecule has 0 fully saturated rings. The maximum absolute atomic E-state index is 7.62. The first-order valence-corrected chi connectivity index (χ1v) is 7.15. The number of benzene rings is 1. The molecule has 2 heterocycles. The van der Waals surface area contributed by atoms with Crippen molar-refractivity contribution < 1.29 is 4.74 Å². The van der Waals surface area contributed by atoms with Crippen molar-refractivity contribution in [1.29, 1.82) is 5.41 Å². The van der Waals surface area contributed by atoms with E-state index in [1.807, 2.05) is 12.1 Å². The van der Waals surface area contributed by atoms with Gasteiger partial charge in [0, 0.05) is 12.8 Å². The van der Waals surface area contributed by atoms with Crippen LogP contribution in [0.4, 0.5) is 5.82 Å². The summed E-state index contributed by atoms with van der Waals surface area (Å²) < 4.78 is 5.57. The molecule has 0 unspecified atom stereocenters. The van der Waals surface area contributed by atoms with E-state index in [0.717, 1.165) is 36.7 Å². The highest BCUT2D eigenvalue weighted by molar-refractivity contribution is 6.31. The number of hydrogen-bond acceptors (Lipinski definition) is 4. The number of aromatic amines is 1. The van der Waals surface area contributed by atoms with Gasteiger partial charge in [-0.2, -0.15) is 0 Å². The van der Waals surface area contributed by atoms with Crippen molar-refractivity contribution in [2.24, 2.45) is 4.99 Å². The van der Waals surface area contributed by atoms with Gasteiger partial charge in [-0.05, 0) is 24.1 Å². The van der Waals surface area contributed by atoms with E-state index in [1.165, 1.54) is 5.56 Å². The molecule has 1 aliphatic heterocycles. The molecular weight excluding hydrogens is 264 g/mol. The van der Waals surface area contributed by atoms with Gasteiger partial charge in [-0.15, -0.1) is 0 Å². The third kappa shape index (κ3) is 3.18. The second-order valence-corrected chi connectivity index (χ2v) is 5.12. The summed E-state index contributed by atoms with van der Waals surface area (Å²) in [5.74, 6) is 2.50. The standard InChI is InChI=1S/C16H18N4O/c1-2-7-21-13-5-3-11(4-6-13)8-15-19-14-9-12(17)10-18-16(14)20-15/h3-6,10,17H,2,7-9H2,1H3,(H,19,20). The highest BCUT2D eigenvalue weighted by atomic mass is 16.5. The van der Waals surface area contributed by atoms with Gasteiger partial charge in [-0.1, -0.05) is 19.1 Å². The molecule has 0 bridgehead atoms. The van der Waals surface area contributed by atoms with Gasteiger partial charge >= 0.3 is 0 Å². The highest BCUT2D eigenvalue weighted by Gasteiger charge is 2.14. The van der Waals surface area contributed by atoms with E-state index >= 15 is 0 Å². The Morgan fingerprint density at radius 1 is 1.29 bits per heavy atom. The molecule has 0 radical (unpaired) electrons. The van der Waals surface area contributed by atoms with Crippen LogP contribution in [-0.4, -0.2) is 28.5 Å². The second-order valence-electron chi connectivity index (χ2n) is 5.12. The van der Waals surface area contributed by atoms with E-state index in [1.54, 1.807) is 6.21 Å². The highest BCUT2D eigenvalue weighted by Crippen LogP contribution is 2.21. The first kappa shape index (κ1) is 13.5. The van der Waals surface area contributed by atoms with E-state index in [-0.39, 0.29) is 0 Å². The van der Waals surface area contributed by atoms with E-state index in [4.69, 9.17) is 10.1 Å². The molecule has 21 heavy (non-hydrogen) atoms. The van der Waals surface area contributed by atoms with Gasteiger partial charge in [0.25, 0.3) is 0 Å². The Hall–Kier alpha value is -2.43. The van der Waals surface area contributed by atoms with Gasteiger partial charge in [0.15, 0.2) is 5.82 Å². The number of fused-ring (bicyclic) bond motifs is 1. The Morgan fingerprint density at radius 2 is 2.10 bits per heavy atom. The molecule has 0 amide bonds. The van der Waals surface area contributed by atoms with Crippen LogP contribution in [0.2, 0.25) is 0 Å². The molecule has 1 aromatic carbocycles. The number of nitrogens with zero attached hydrogens (tertiary/aromatic N) is 2. The predicted octanol–water partition coefficient (Wildman–Crippen LogP) is 3.07. The first-order valence-electron chi connectivity index (χ1n) is 7.15. The molecule has 2 N–H and O–H groups in total. The topological polar surface area (TPSA) is 74.1 Å². The van der Waals surface area contributed by atoms with Gasteiger partial charge in [0.05, 0.1) is 24.2 Å². The van der Waals surface area contributed by atoms with Crippen molar-refractivity contribution in [3.8, 4) is 5.75 Å². The van der Waals surface area contributed by atoms with Crippen LogP contribution in [0.25, 0.3) is 0 Å². The van der Waals surface area contributed by atoms with Crippen LogP contribution in [0.3, 0.4) is 0 Å². The van der Waals surface area contributed by atoms with Crippen LogP contribution in [0.5, 0.6) is 5.75 Å². The van der Waals surface area contributed by atoms with Crippen molar-refractivity contribution in [3.05, 3.63) is 41.3 Å². The fourth-order valence-corrected chi connectivity index (χ4v) is 2.26. The van der Waals surface area contributed by atoms with Crippen LogP contribution >= 0.6 is 0 Å². The van der Waals surface area contributed by atoms with Crippen molar-refractivity contribution >= 4 is 17.7 Å². The molecule has 2 aromatic rings. The number of imidazole rings is 1. The molecule has 0 saturated carbocycles. The molecular formula is C16H18N4O. The number of ether oxygens (including phenoxy) is 1. The molecule has 1 aliphatic rings. The minimum absolute atomic E-state index is 0.509. The van der Waals surface area contributed by atoms with Crippen molar-refractivity contribution in [1.82, 2.24) is 9.97 Å². The molecule has 3 rings (SSSR count). The number of aliphatic imine (C=N–C) groups is 1. The molecule has 5 heteroatoms. The molecule has 108 valence electrons. The summed E-state index contributed by atoms with van der Waals surface area (Å²) in [6.07, 6.45) is 3.88. The van der Waals surface area contributed by atoms with Gasteiger partial charge in [-0.3, -0.25) is 0 Å². The number of aromatic nitrogens is 2. The third-order valence-electron chi connectivity index (χ3n) is 3.28. The lowest BCUT2D eigenvalue weighted by Crippen LogP contribution is -2.07. The Bertz CT molecular complexity index is 670. The molecule has 0 spiro atoms. The summed E-state index contributed by atoms with van der Waals surface area (Å²) in [4.78, 5) is 11.9. The maximum Gasteiger partial charge on any atom is 0.173 e. The lowest BCUT2D eigenvalue weighted by atomic mass is 10.1. The Balaban J connectivity index is 1.69. The normalized spacial score (nSPS) is 13.3. The second kappa shape index (κ2) is 5.91. The van der Waals surface area contributed by atoms with E-state index in [9.17, 15) is 0 Å². The fourth-order valence-electron chi connectivity index (χ4n) is 2.26. The molecule has 0 saturated heterocycles. The zero-order chi connectivity index (χ0) is 14.7. The monoisotopic (exact) mass is 282 g/mol. The average Bonchev–Trinajstić information content (AvgIpc) is 2.88. The van der Waals surface area contributed by atoms with Crippen LogP contribution in [0.1, 0.15) is 30.4 Å². The largest absolute Gasteiger partial charge is 0.494 e. The summed E-state index contributed by atoms with van der Waals surface area (Å²) >= 11 is 0. The fraction of sp³-hybridized carbons (Fsp3) is 0.312. The van der Waals surface area contributed by atoms with Gasteiger partial charge in [0.2, 0.25) is 0 Å². The van der Waals surface area contributed by atoms with Crippen LogP contribution in [0.15, 0.2) is 29.3 Å². The molecule has 1 aromatic heterocycles. The molecule has 0 atom stereocenters. The van der Waals surface area contributed by atoms with Crippen molar-refractivity contribution in [2.45, 2.75) is 26.2 Å². The quantitative estimate of drug-likeness (QED) is 0.884. The Morgan fingerprint density at radius 3 is 2.86 bits per heavy atom. The Kier molecular flexibility index (Phi) is 3.81. The summed E-state index contributed by atoms with van der Waals surface area (Å²) in [6.45, 7) is 2.84. The summed E-state index contributed by atoms with van der Waals surface area (Å²) in [5, 5.41) is 7.62. The maximum atomic E-state index is 7.62. The number of H-pyrrole nitrogens is 1. The minimum atomic E-state index is 0.509. The lowest BCUT2D eigenvalue weighted by molar-refractivity contribution is 0.317. The minimum Gasteiger partial charge on any atom is -0.494 e. The van der Waals surface area contributed by atoms with Gasteiger partial charge in [0.1, 0.15) is 11.6 Å². The number of nitrogens with one attached hydrogen (secondary N) is 2. The Labute approximate surface area is 123 Å². The van der Waals surface area contributed by atoms with E-state index < -0.39 is 0 Å².